The van der Waals surface area contributed by atoms with E-state index in [1.807, 2.05) is 36.4 Å². The molecule has 34 heavy (non-hydrogen) atoms. The molecule has 7 nitrogen and oxygen atoms in total. The van der Waals surface area contributed by atoms with E-state index in [0.29, 0.717) is 31.6 Å². The predicted octanol–water partition coefficient (Wildman–Crippen LogP) is 6.08. The van der Waals surface area contributed by atoms with Crippen molar-refractivity contribution in [2.75, 3.05) is 12.4 Å². The molecule has 5 rings (SSSR count). The summed E-state index contributed by atoms with van der Waals surface area (Å²) in [5, 5.41) is 16.6. The Balaban J connectivity index is 1.31. The number of hydrogen-bond donors (Lipinski definition) is 2. The lowest BCUT2D eigenvalue weighted by atomic mass is 10.2. The second-order valence-corrected chi connectivity index (χ2v) is 9.46. The largest absolute Gasteiger partial charge is 0.497 e. The summed E-state index contributed by atoms with van der Waals surface area (Å²) in [4.78, 5) is 14.7. The quantitative estimate of drug-likeness (QED) is 0.276. The van der Waals surface area contributed by atoms with Crippen LogP contribution in [-0.4, -0.2) is 33.1 Å². The maximum atomic E-state index is 12.8. The number of aromatic nitrogens is 3. The lowest BCUT2D eigenvalue weighted by Crippen LogP contribution is -2.33. The minimum absolute atomic E-state index is 0.137. The van der Waals surface area contributed by atoms with Gasteiger partial charge in [0.2, 0.25) is 0 Å². The Bertz CT molecular complexity index is 1560. The SMILES string of the molecule is COc1ccc(-n2nc3ccc(NC(=S)NC(=O)c4sc5cc(Cl)ccc5c4Cl)cc3n2)cc1. The van der Waals surface area contributed by atoms with E-state index >= 15 is 0 Å². The van der Waals surface area contributed by atoms with E-state index in [2.05, 4.69) is 20.8 Å². The van der Waals surface area contributed by atoms with Gasteiger partial charge in [-0.1, -0.05) is 29.3 Å². The third-order valence-corrected chi connectivity index (χ3v) is 7.06. The summed E-state index contributed by atoms with van der Waals surface area (Å²) in [5.41, 5.74) is 2.84. The number of benzene rings is 3. The molecule has 0 fully saturated rings. The molecule has 170 valence electrons. The molecule has 3 aromatic carbocycles. The van der Waals surface area contributed by atoms with Crippen LogP contribution in [-0.2, 0) is 0 Å². The smallest absolute Gasteiger partial charge is 0.269 e. The summed E-state index contributed by atoms with van der Waals surface area (Å²) in [6, 6.07) is 18.1. The van der Waals surface area contributed by atoms with E-state index in [1.54, 1.807) is 36.2 Å². The van der Waals surface area contributed by atoms with Crippen LogP contribution in [0.3, 0.4) is 0 Å². The third-order valence-electron chi connectivity index (χ3n) is 4.97. The van der Waals surface area contributed by atoms with E-state index in [1.165, 1.54) is 11.3 Å². The molecule has 0 unspecified atom stereocenters. The highest BCUT2D eigenvalue weighted by atomic mass is 35.5. The van der Waals surface area contributed by atoms with Crippen LogP contribution in [0.5, 0.6) is 5.75 Å². The Hall–Kier alpha value is -3.24. The summed E-state index contributed by atoms with van der Waals surface area (Å²) in [5.74, 6) is 0.356. The van der Waals surface area contributed by atoms with E-state index in [4.69, 9.17) is 40.2 Å². The Kier molecular flexibility index (Phi) is 6.09. The highest BCUT2D eigenvalue weighted by Gasteiger charge is 2.18. The van der Waals surface area contributed by atoms with Gasteiger partial charge in [-0.05, 0) is 66.8 Å². The molecular formula is C23H15Cl2N5O2S2. The summed E-state index contributed by atoms with van der Waals surface area (Å²) in [6.45, 7) is 0. The highest BCUT2D eigenvalue weighted by Crippen LogP contribution is 2.36. The number of nitrogens with one attached hydrogen (secondary N) is 2. The molecule has 2 aromatic heterocycles. The van der Waals surface area contributed by atoms with Crippen molar-refractivity contribution >= 4 is 84.6 Å². The first-order valence-corrected chi connectivity index (χ1v) is 11.9. The number of halogens is 2. The average Bonchev–Trinajstić information content (AvgIpc) is 3.39. The number of amides is 1. The van der Waals surface area contributed by atoms with Crippen molar-refractivity contribution in [2.24, 2.45) is 0 Å². The van der Waals surface area contributed by atoms with Gasteiger partial charge in [-0.25, -0.2) is 0 Å². The zero-order chi connectivity index (χ0) is 23.8. The van der Waals surface area contributed by atoms with Gasteiger partial charge < -0.3 is 10.1 Å². The Morgan fingerprint density at radius 3 is 2.56 bits per heavy atom. The fraction of sp³-hybridized carbons (Fsp3) is 0.0435. The number of carbonyl (C=O) groups excluding carboxylic acids is 1. The molecule has 2 N–H and O–H groups in total. The van der Waals surface area contributed by atoms with Crippen LogP contribution in [0.2, 0.25) is 10.0 Å². The lowest BCUT2D eigenvalue weighted by Gasteiger charge is -2.08. The molecule has 0 aliphatic carbocycles. The average molecular weight is 528 g/mol. The monoisotopic (exact) mass is 527 g/mol. The Morgan fingerprint density at radius 2 is 1.79 bits per heavy atom. The number of hydrogen-bond acceptors (Lipinski definition) is 6. The number of thiocarbonyl (C=S) groups is 1. The number of rotatable bonds is 4. The van der Waals surface area contributed by atoms with Crippen LogP contribution >= 0.6 is 46.8 Å². The molecule has 0 atom stereocenters. The number of thiophene rings is 1. The van der Waals surface area contributed by atoms with Gasteiger partial charge in [0.15, 0.2) is 5.11 Å². The molecule has 0 bridgehead atoms. The minimum Gasteiger partial charge on any atom is -0.497 e. The van der Waals surface area contributed by atoms with Crippen molar-refractivity contribution < 1.29 is 9.53 Å². The first kappa shape index (κ1) is 22.5. The molecule has 1 amide bonds. The van der Waals surface area contributed by atoms with Crippen molar-refractivity contribution in [1.29, 1.82) is 0 Å². The van der Waals surface area contributed by atoms with Crippen molar-refractivity contribution in [2.45, 2.75) is 0 Å². The maximum absolute atomic E-state index is 12.8. The van der Waals surface area contributed by atoms with Crippen molar-refractivity contribution in [1.82, 2.24) is 20.3 Å². The number of anilines is 1. The molecule has 0 aliphatic heterocycles. The standard InChI is InChI=1S/C23H15Cl2N5O2S2/c1-32-15-6-4-14(5-7-15)30-28-17-9-3-13(11-18(17)29-30)26-23(33)27-22(31)21-20(25)16-8-2-12(24)10-19(16)34-21/h2-11H,1H3,(H2,26,27,31,33). The topological polar surface area (TPSA) is 81.1 Å². The molecule has 0 spiro atoms. The number of methoxy groups -OCH3 is 1. The fourth-order valence-electron chi connectivity index (χ4n) is 3.33. The minimum atomic E-state index is -0.397. The fourth-order valence-corrected chi connectivity index (χ4v) is 5.23. The normalized spacial score (nSPS) is 11.0. The molecule has 0 saturated carbocycles. The zero-order valence-electron chi connectivity index (χ0n) is 17.5. The van der Waals surface area contributed by atoms with Crippen LogP contribution < -0.4 is 15.4 Å². The molecule has 11 heteroatoms. The van der Waals surface area contributed by atoms with Crippen LogP contribution in [0.25, 0.3) is 26.8 Å². The zero-order valence-corrected chi connectivity index (χ0v) is 20.6. The van der Waals surface area contributed by atoms with Crippen LogP contribution in [0.15, 0.2) is 60.7 Å². The van der Waals surface area contributed by atoms with Gasteiger partial charge >= 0.3 is 0 Å². The maximum Gasteiger partial charge on any atom is 0.269 e. The Morgan fingerprint density at radius 1 is 1.03 bits per heavy atom. The summed E-state index contributed by atoms with van der Waals surface area (Å²) >= 11 is 19.0. The molecule has 0 aliphatic rings. The van der Waals surface area contributed by atoms with E-state index < -0.39 is 5.91 Å². The second kappa shape index (κ2) is 9.19. The molecule has 0 radical (unpaired) electrons. The molecule has 5 aromatic rings. The summed E-state index contributed by atoms with van der Waals surface area (Å²) in [7, 11) is 1.62. The number of carbonyl (C=O) groups is 1. The Labute approximate surface area is 213 Å². The van der Waals surface area contributed by atoms with Crippen LogP contribution in [0, 0.1) is 0 Å². The van der Waals surface area contributed by atoms with Gasteiger partial charge in [0.05, 0.1) is 17.8 Å². The lowest BCUT2D eigenvalue weighted by molar-refractivity contribution is 0.0982. The highest BCUT2D eigenvalue weighted by molar-refractivity contribution is 7.80. The second-order valence-electron chi connectivity index (χ2n) is 7.18. The van der Waals surface area contributed by atoms with Gasteiger partial charge in [-0.3, -0.25) is 10.1 Å². The first-order valence-electron chi connectivity index (χ1n) is 9.93. The number of fused-ring (bicyclic) bond motifs is 2. The van der Waals surface area contributed by atoms with Gasteiger partial charge in [0.25, 0.3) is 5.91 Å². The molecule has 0 saturated heterocycles. The number of nitrogens with zero attached hydrogens (tertiary/aromatic N) is 3. The first-order chi connectivity index (χ1) is 16.4. The summed E-state index contributed by atoms with van der Waals surface area (Å²) in [6.07, 6.45) is 0. The van der Waals surface area contributed by atoms with Gasteiger partial charge in [-0.15, -0.1) is 21.5 Å². The van der Waals surface area contributed by atoms with Gasteiger partial charge in [0.1, 0.15) is 21.7 Å². The van der Waals surface area contributed by atoms with Crippen LogP contribution in [0.1, 0.15) is 9.67 Å². The predicted molar refractivity (Wildman–Crippen MR) is 141 cm³/mol. The van der Waals surface area contributed by atoms with Crippen molar-refractivity contribution in [3.8, 4) is 11.4 Å². The third kappa shape index (κ3) is 4.43. The van der Waals surface area contributed by atoms with Crippen LogP contribution in [0.4, 0.5) is 5.69 Å². The van der Waals surface area contributed by atoms with Gasteiger partial charge in [-0.2, -0.15) is 4.80 Å². The van der Waals surface area contributed by atoms with Crippen molar-refractivity contribution in [3.63, 3.8) is 0 Å². The van der Waals surface area contributed by atoms with Gasteiger partial charge in [0, 0.05) is 20.8 Å². The summed E-state index contributed by atoms with van der Waals surface area (Å²) < 4.78 is 6.01. The van der Waals surface area contributed by atoms with E-state index in [-0.39, 0.29) is 5.11 Å². The molecular weight excluding hydrogens is 513 g/mol. The van der Waals surface area contributed by atoms with E-state index in [9.17, 15) is 4.79 Å². The van der Waals surface area contributed by atoms with E-state index in [0.717, 1.165) is 21.5 Å². The molecule has 2 heterocycles. The number of ether oxygens (including phenoxy) is 1. The van der Waals surface area contributed by atoms with Crippen molar-refractivity contribution in [3.05, 3.63) is 75.6 Å².